The molecule has 0 spiro atoms. The van der Waals surface area contributed by atoms with Gasteiger partial charge in [-0.15, -0.1) is 0 Å². The van der Waals surface area contributed by atoms with E-state index in [0.717, 1.165) is 11.7 Å². The van der Waals surface area contributed by atoms with Gasteiger partial charge in [0.2, 0.25) is 0 Å². The highest BCUT2D eigenvalue weighted by atomic mass is 31.0. The SMILES string of the molecule is CN(F)C(=O)N(C)P. The number of nitrogens with zero attached hydrogens (tertiary/aromatic N) is 2. The van der Waals surface area contributed by atoms with Crippen molar-refractivity contribution in [2.75, 3.05) is 14.1 Å². The molecule has 5 heteroatoms. The average Bonchev–Trinajstić information content (AvgIpc) is 1.64. The second-order valence-corrected chi connectivity index (χ2v) is 2.15. The number of amides is 2. The van der Waals surface area contributed by atoms with E-state index in [1.54, 1.807) is 0 Å². The zero-order chi connectivity index (χ0) is 6.73. The van der Waals surface area contributed by atoms with Crippen molar-refractivity contribution in [3.63, 3.8) is 0 Å². The van der Waals surface area contributed by atoms with Gasteiger partial charge in [0.1, 0.15) is 0 Å². The van der Waals surface area contributed by atoms with Gasteiger partial charge in [-0.2, -0.15) is 5.12 Å². The summed E-state index contributed by atoms with van der Waals surface area (Å²) >= 11 is 0. The zero-order valence-corrected chi connectivity index (χ0v) is 5.91. The normalized spacial score (nSPS) is 8.50. The fourth-order valence-corrected chi connectivity index (χ4v) is 0.376. The second-order valence-electron chi connectivity index (χ2n) is 1.37. The predicted molar refractivity (Wildman–Crippen MR) is 31.7 cm³/mol. The minimum Gasteiger partial charge on any atom is -0.310 e. The molecular formula is C3H8FN2OP. The smallest absolute Gasteiger partial charge is 0.310 e. The predicted octanol–water partition coefficient (Wildman–Crippen LogP) is 0.645. The zero-order valence-electron chi connectivity index (χ0n) is 4.76. The van der Waals surface area contributed by atoms with E-state index in [1.807, 2.05) is 9.39 Å². The molecule has 0 N–H and O–H groups in total. The summed E-state index contributed by atoms with van der Waals surface area (Å²) in [7, 11) is 4.54. The molecule has 0 heterocycles. The van der Waals surface area contributed by atoms with Crippen LogP contribution in [0.5, 0.6) is 0 Å². The highest BCUT2D eigenvalue weighted by Crippen LogP contribution is 1.98. The number of carbonyl (C=O) groups excluding carboxylic acids is 1. The van der Waals surface area contributed by atoms with Gasteiger partial charge < -0.3 is 4.67 Å². The van der Waals surface area contributed by atoms with Gasteiger partial charge in [-0.3, -0.25) is 0 Å². The van der Waals surface area contributed by atoms with Crippen LogP contribution in [-0.2, 0) is 0 Å². The molecule has 0 saturated heterocycles. The van der Waals surface area contributed by atoms with Crippen LogP contribution in [0.1, 0.15) is 0 Å². The van der Waals surface area contributed by atoms with Gasteiger partial charge in [0.05, 0.1) is 0 Å². The molecule has 8 heavy (non-hydrogen) atoms. The Morgan fingerprint density at radius 1 is 1.62 bits per heavy atom. The van der Waals surface area contributed by atoms with Crippen LogP contribution < -0.4 is 0 Å². The number of hydrogen-bond acceptors (Lipinski definition) is 1. The first-order valence-electron chi connectivity index (χ1n) is 1.97. The molecule has 0 saturated carbocycles. The summed E-state index contributed by atoms with van der Waals surface area (Å²) in [6.45, 7) is 0. The molecule has 1 unspecified atom stereocenters. The van der Waals surface area contributed by atoms with Crippen LogP contribution in [0.25, 0.3) is 0 Å². The molecule has 0 aliphatic carbocycles. The fraction of sp³-hybridized carbons (Fsp3) is 0.667. The monoisotopic (exact) mass is 138 g/mol. The van der Waals surface area contributed by atoms with Crippen LogP contribution in [0.2, 0.25) is 0 Å². The van der Waals surface area contributed by atoms with Crippen molar-refractivity contribution < 1.29 is 9.28 Å². The maximum atomic E-state index is 11.8. The van der Waals surface area contributed by atoms with Gasteiger partial charge in [-0.1, -0.05) is 4.48 Å². The minimum atomic E-state index is -0.685. The van der Waals surface area contributed by atoms with E-state index in [1.165, 1.54) is 7.05 Å². The van der Waals surface area contributed by atoms with E-state index < -0.39 is 6.03 Å². The van der Waals surface area contributed by atoms with E-state index in [9.17, 15) is 9.28 Å². The highest BCUT2D eigenvalue weighted by molar-refractivity contribution is 7.14. The summed E-state index contributed by atoms with van der Waals surface area (Å²) in [6, 6.07) is -0.685. The van der Waals surface area contributed by atoms with Crippen molar-refractivity contribution in [2.24, 2.45) is 0 Å². The standard InChI is InChI=1S/C3H8FN2OP/c1-5(4)3(7)6(2)8/h8H2,1-2H3. The van der Waals surface area contributed by atoms with Crippen molar-refractivity contribution in [3.05, 3.63) is 0 Å². The largest absolute Gasteiger partial charge is 0.350 e. The van der Waals surface area contributed by atoms with Crippen LogP contribution in [0, 0.1) is 0 Å². The summed E-state index contributed by atoms with van der Waals surface area (Å²) in [5.41, 5.74) is 0. The summed E-state index contributed by atoms with van der Waals surface area (Å²) in [4.78, 5) is 10.3. The Kier molecular flexibility index (Phi) is 2.69. The van der Waals surface area contributed by atoms with Crippen LogP contribution in [-0.4, -0.2) is 29.9 Å². The van der Waals surface area contributed by atoms with Gasteiger partial charge in [-0.05, 0) is 9.39 Å². The number of rotatable bonds is 0. The molecule has 1 atom stereocenters. The van der Waals surface area contributed by atoms with Gasteiger partial charge in [-0.25, -0.2) is 4.79 Å². The number of hydrogen-bond donors (Lipinski definition) is 0. The van der Waals surface area contributed by atoms with E-state index in [4.69, 9.17) is 0 Å². The molecule has 0 aliphatic heterocycles. The highest BCUT2D eigenvalue weighted by Gasteiger charge is 2.07. The van der Waals surface area contributed by atoms with Gasteiger partial charge in [0.15, 0.2) is 0 Å². The molecule has 0 aromatic heterocycles. The fourth-order valence-electron chi connectivity index (χ4n) is 0.217. The van der Waals surface area contributed by atoms with Crippen molar-refractivity contribution in [1.82, 2.24) is 9.79 Å². The quantitative estimate of drug-likeness (QED) is 0.356. The molecule has 0 fully saturated rings. The lowest BCUT2D eigenvalue weighted by Crippen LogP contribution is -2.26. The number of urea groups is 1. The molecule has 0 rings (SSSR count). The number of halogens is 1. The van der Waals surface area contributed by atoms with E-state index >= 15 is 0 Å². The minimum absolute atomic E-state index is 0.00694. The summed E-state index contributed by atoms with van der Waals surface area (Å²) < 4.78 is 12.8. The first-order valence-corrected chi connectivity index (χ1v) is 2.49. The summed E-state index contributed by atoms with van der Waals surface area (Å²) in [5.74, 6) is 0. The molecule has 0 radical (unpaired) electrons. The molecule has 48 valence electrons. The summed E-state index contributed by atoms with van der Waals surface area (Å²) in [6.07, 6.45) is 0. The molecule has 2 amide bonds. The van der Waals surface area contributed by atoms with Crippen LogP contribution >= 0.6 is 9.39 Å². The van der Waals surface area contributed by atoms with Crippen LogP contribution in [0.3, 0.4) is 0 Å². The number of carbonyl (C=O) groups is 1. The topological polar surface area (TPSA) is 23.6 Å². The third-order valence-corrected chi connectivity index (χ3v) is 0.786. The van der Waals surface area contributed by atoms with Crippen LogP contribution in [0.15, 0.2) is 0 Å². The van der Waals surface area contributed by atoms with E-state index in [2.05, 4.69) is 0 Å². The third-order valence-electron chi connectivity index (χ3n) is 0.565. The maximum Gasteiger partial charge on any atom is 0.350 e. The maximum absolute atomic E-state index is 11.8. The first-order chi connectivity index (χ1) is 3.55. The van der Waals surface area contributed by atoms with Crippen LogP contribution in [0.4, 0.5) is 9.28 Å². The molecule has 0 aromatic rings. The Balaban J connectivity index is 3.65. The molecule has 0 aliphatic rings. The second kappa shape index (κ2) is 2.82. The van der Waals surface area contributed by atoms with Crippen molar-refractivity contribution in [1.29, 1.82) is 0 Å². The average molecular weight is 138 g/mol. The van der Waals surface area contributed by atoms with E-state index in [-0.39, 0.29) is 5.12 Å². The Morgan fingerprint density at radius 3 is 2.00 bits per heavy atom. The molecule has 0 bridgehead atoms. The summed E-state index contributed by atoms with van der Waals surface area (Å²) in [5, 5.41) is 0.00694. The molecule has 3 nitrogen and oxygen atoms in total. The Morgan fingerprint density at radius 2 is 2.00 bits per heavy atom. The third kappa shape index (κ3) is 2.07. The lowest BCUT2D eigenvalue weighted by Gasteiger charge is -2.11. The Bertz CT molecular complexity index is 85.3. The molecular weight excluding hydrogens is 130 g/mol. The Hall–Kier alpha value is -0.370. The van der Waals surface area contributed by atoms with Crippen molar-refractivity contribution in [3.8, 4) is 0 Å². The Labute approximate surface area is 49.6 Å². The van der Waals surface area contributed by atoms with Gasteiger partial charge in [0, 0.05) is 14.1 Å². The first kappa shape index (κ1) is 7.63. The molecule has 0 aromatic carbocycles. The van der Waals surface area contributed by atoms with Gasteiger partial charge >= 0.3 is 6.03 Å². The van der Waals surface area contributed by atoms with Crippen molar-refractivity contribution in [2.45, 2.75) is 0 Å². The lowest BCUT2D eigenvalue weighted by atomic mass is 10.9. The van der Waals surface area contributed by atoms with Gasteiger partial charge in [0.25, 0.3) is 0 Å². The lowest BCUT2D eigenvalue weighted by molar-refractivity contribution is 0.0843. The van der Waals surface area contributed by atoms with Crippen molar-refractivity contribution >= 4 is 15.4 Å². The van der Waals surface area contributed by atoms with E-state index in [0.29, 0.717) is 0 Å².